The number of hydrogen-bond donors (Lipinski definition) is 2. The lowest BCUT2D eigenvalue weighted by Gasteiger charge is -2.30. The van der Waals surface area contributed by atoms with Gasteiger partial charge in [-0.15, -0.1) is 0 Å². The quantitative estimate of drug-likeness (QED) is 0.345. The molecular weight excluding hydrogens is 450 g/mol. The highest BCUT2D eigenvalue weighted by Gasteiger charge is 2.35. The Hall–Kier alpha value is -3.75. The van der Waals surface area contributed by atoms with Gasteiger partial charge in [-0.25, -0.2) is 4.79 Å². The minimum absolute atomic E-state index is 0.0351. The molecule has 0 aliphatic carbocycles. The SMILES string of the molecule is Cc1c(Cl)cccc1N1C(=O)C(=Cc2cccn2-c2cccc(C(=O)O)c2)C(=O)NC1=S. The third-order valence-electron chi connectivity index (χ3n) is 5.03. The number of benzene rings is 2. The highest BCUT2D eigenvalue weighted by molar-refractivity contribution is 7.80. The number of aromatic nitrogens is 1. The Balaban J connectivity index is 1.77. The van der Waals surface area contributed by atoms with Crippen LogP contribution in [-0.2, 0) is 9.59 Å². The average molecular weight is 466 g/mol. The van der Waals surface area contributed by atoms with Crippen LogP contribution in [0.5, 0.6) is 0 Å². The monoisotopic (exact) mass is 465 g/mol. The Bertz CT molecular complexity index is 1330. The number of carboxylic acid groups (broad SMARTS) is 1. The van der Waals surface area contributed by atoms with Crippen LogP contribution in [0.4, 0.5) is 5.69 Å². The van der Waals surface area contributed by atoms with Crippen LogP contribution in [0.3, 0.4) is 0 Å². The maximum absolute atomic E-state index is 13.3. The van der Waals surface area contributed by atoms with Gasteiger partial charge in [0.1, 0.15) is 5.57 Å². The van der Waals surface area contributed by atoms with Crippen molar-refractivity contribution in [3.8, 4) is 5.69 Å². The van der Waals surface area contributed by atoms with Gasteiger partial charge in [0.25, 0.3) is 11.8 Å². The van der Waals surface area contributed by atoms with E-state index in [1.165, 1.54) is 23.1 Å². The van der Waals surface area contributed by atoms with E-state index in [1.54, 1.807) is 60.2 Å². The van der Waals surface area contributed by atoms with E-state index >= 15 is 0 Å². The zero-order chi connectivity index (χ0) is 23.0. The van der Waals surface area contributed by atoms with Crippen LogP contribution >= 0.6 is 23.8 Å². The van der Waals surface area contributed by atoms with Gasteiger partial charge in [0.15, 0.2) is 5.11 Å². The molecule has 2 heterocycles. The minimum atomic E-state index is -1.05. The molecule has 3 aromatic rings. The summed E-state index contributed by atoms with van der Waals surface area (Å²) in [5.41, 5.74) is 2.21. The van der Waals surface area contributed by atoms with Gasteiger partial charge in [-0.1, -0.05) is 23.7 Å². The highest BCUT2D eigenvalue weighted by Crippen LogP contribution is 2.30. The second-order valence-corrected chi connectivity index (χ2v) is 7.79. The molecule has 1 aliphatic rings. The van der Waals surface area contributed by atoms with Crippen molar-refractivity contribution in [1.82, 2.24) is 9.88 Å². The molecule has 1 saturated heterocycles. The molecule has 1 aliphatic heterocycles. The molecule has 2 N–H and O–H groups in total. The molecule has 0 bridgehead atoms. The maximum atomic E-state index is 13.3. The maximum Gasteiger partial charge on any atom is 0.335 e. The number of anilines is 1. The number of amides is 2. The van der Waals surface area contributed by atoms with Crippen molar-refractivity contribution < 1.29 is 19.5 Å². The summed E-state index contributed by atoms with van der Waals surface area (Å²) in [7, 11) is 0. The number of carbonyl (C=O) groups is 3. The summed E-state index contributed by atoms with van der Waals surface area (Å²) in [5.74, 6) is -2.26. The highest BCUT2D eigenvalue weighted by atomic mass is 35.5. The van der Waals surface area contributed by atoms with E-state index in [2.05, 4.69) is 5.32 Å². The summed E-state index contributed by atoms with van der Waals surface area (Å²) in [5, 5.41) is 12.2. The van der Waals surface area contributed by atoms with Gasteiger partial charge < -0.3 is 9.67 Å². The van der Waals surface area contributed by atoms with Crippen molar-refractivity contribution in [2.45, 2.75) is 6.92 Å². The number of nitrogens with one attached hydrogen (secondary N) is 1. The topological polar surface area (TPSA) is 91.6 Å². The zero-order valence-electron chi connectivity index (χ0n) is 16.7. The summed E-state index contributed by atoms with van der Waals surface area (Å²) in [6.45, 7) is 1.76. The average Bonchev–Trinajstić information content (AvgIpc) is 3.22. The van der Waals surface area contributed by atoms with Gasteiger partial charge in [-0.05, 0) is 73.2 Å². The van der Waals surface area contributed by atoms with Crippen LogP contribution in [0.15, 0.2) is 66.4 Å². The summed E-state index contributed by atoms with van der Waals surface area (Å²) in [6.07, 6.45) is 3.15. The zero-order valence-corrected chi connectivity index (χ0v) is 18.3. The molecule has 2 amide bonds. The van der Waals surface area contributed by atoms with Crippen LogP contribution in [-0.4, -0.2) is 32.6 Å². The first-order valence-electron chi connectivity index (χ1n) is 9.45. The third-order valence-corrected chi connectivity index (χ3v) is 5.72. The Kier molecular flexibility index (Phi) is 5.65. The number of thiocarbonyl (C=S) groups is 1. The van der Waals surface area contributed by atoms with Crippen molar-refractivity contribution in [1.29, 1.82) is 0 Å². The molecule has 2 aromatic carbocycles. The van der Waals surface area contributed by atoms with Gasteiger partial charge in [0.05, 0.1) is 11.3 Å². The van der Waals surface area contributed by atoms with E-state index in [4.69, 9.17) is 23.8 Å². The molecule has 4 rings (SSSR count). The predicted molar refractivity (Wildman–Crippen MR) is 125 cm³/mol. The number of rotatable bonds is 4. The molecule has 32 heavy (non-hydrogen) atoms. The normalized spacial score (nSPS) is 15.2. The summed E-state index contributed by atoms with van der Waals surface area (Å²) < 4.78 is 1.68. The fraction of sp³-hybridized carbons (Fsp3) is 0.0435. The summed E-state index contributed by atoms with van der Waals surface area (Å²) in [4.78, 5) is 38.5. The second kappa shape index (κ2) is 8.41. The lowest BCUT2D eigenvalue weighted by atomic mass is 10.1. The van der Waals surface area contributed by atoms with Crippen molar-refractivity contribution in [3.63, 3.8) is 0 Å². The van der Waals surface area contributed by atoms with E-state index < -0.39 is 17.8 Å². The number of hydrogen-bond acceptors (Lipinski definition) is 4. The molecule has 0 unspecified atom stereocenters. The summed E-state index contributed by atoms with van der Waals surface area (Å²) in [6, 6.07) is 14.9. The third kappa shape index (κ3) is 3.81. The Morgan fingerprint density at radius 3 is 2.62 bits per heavy atom. The molecule has 7 nitrogen and oxygen atoms in total. The minimum Gasteiger partial charge on any atom is -0.478 e. The van der Waals surface area contributed by atoms with Gasteiger partial charge in [0, 0.05) is 22.6 Å². The fourth-order valence-electron chi connectivity index (χ4n) is 3.40. The molecule has 1 aromatic heterocycles. The fourth-order valence-corrected chi connectivity index (χ4v) is 3.84. The van der Waals surface area contributed by atoms with Crippen LogP contribution in [0.25, 0.3) is 11.8 Å². The predicted octanol–water partition coefficient (Wildman–Crippen LogP) is 3.97. The standard InChI is InChI=1S/C23H16ClN3O4S/c1-13-18(24)8-3-9-19(13)27-21(29)17(20(28)25-23(27)32)12-16-7-4-10-26(16)15-6-2-5-14(11-15)22(30)31/h2-12H,1H3,(H,30,31)(H,25,28,32). The number of aromatic carboxylic acids is 1. The second-order valence-electron chi connectivity index (χ2n) is 7.00. The molecule has 9 heteroatoms. The number of halogens is 1. The van der Waals surface area contributed by atoms with Crippen molar-refractivity contribution in [3.05, 3.63) is 88.2 Å². The lowest BCUT2D eigenvalue weighted by molar-refractivity contribution is -0.122. The van der Waals surface area contributed by atoms with E-state index in [0.717, 1.165) is 0 Å². The van der Waals surface area contributed by atoms with Gasteiger partial charge in [0.2, 0.25) is 0 Å². The first-order chi connectivity index (χ1) is 15.3. The Morgan fingerprint density at radius 1 is 1.12 bits per heavy atom. The molecule has 160 valence electrons. The Labute approximate surface area is 193 Å². The Morgan fingerprint density at radius 2 is 1.88 bits per heavy atom. The van der Waals surface area contributed by atoms with E-state index in [1.807, 2.05) is 0 Å². The lowest BCUT2D eigenvalue weighted by Crippen LogP contribution is -2.54. The van der Waals surface area contributed by atoms with Crippen LogP contribution < -0.4 is 10.2 Å². The molecule has 0 saturated carbocycles. The summed E-state index contributed by atoms with van der Waals surface area (Å²) >= 11 is 11.5. The largest absolute Gasteiger partial charge is 0.478 e. The number of nitrogens with zero attached hydrogens (tertiary/aromatic N) is 2. The van der Waals surface area contributed by atoms with Crippen LogP contribution in [0, 0.1) is 6.92 Å². The van der Waals surface area contributed by atoms with E-state index in [-0.39, 0.29) is 16.2 Å². The van der Waals surface area contributed by atoms with Gasteiger partial charge in [-0.3, -0.25) is 19.8 Å². The molecule has 0 radical (unpaired) electrons. The number of carbonyl (C=O) groups excluding carboxylic acids is 2. The van der Waals surface area contributed by atoms with E-state index in [9.17, 15) is 19.5 Å². The van der Waals surface area contributed by atoms with E-state index in [0.29, 0.717) is 27.7 Å². The molecule has 0 spiro atoms. The van der Waals surface area contributed by atoms with Crippen molar-refractivity contribution >= 4 is 58.5 Å². The smallest absolute Gasteiger partial charge is 0.335 e. The molecule has 0 atom stereocenters. The first kappa shape index (κ1) is 21.5. The van der Waals surface area contributed by atoms with Crippen molar-refractivity contribution in [2.75, 3.05) is 4.90 Å². The number of carboxylic acids is 1. The van der Waals surface area contributed by atoms with Gasteiger partial charge >= 0.3 is 5.97 Å². The molecular formula is C23H16ClN3O4S. The van der Waals surface area contributed by atoms with Gasteiger partial charge in [-0.2, -0.15) is 0 Å². The molecule has 1 fully saturated rings. The van der Waals surface area contributed by atoms with Crippen molar-refractivity contribution in [2.24, 2.45) is 0 Å². The first-order valence-corrected chi connectivity index (χ1v) is 10.2. The van der Waals surface area contributed by atoms with Crippen LogP contribution in [0.1, 0.15) is 21.6 Å². The van der Waals surface area contributed by atoms with Crippen LogP contribution in [0.2, 0.25) is 5.02 Å².